The molecule has 0 aliphatic carbocycles. The van der Waals surface area contributed by atoms with Crippen molar-refractivity contribution in [3.05, 3.63) is 40.6 Å². The van der Waals surface area contributed by atoms with Crippen LogP contribution in [0.2, 0.25) is 0 Å². The van der Waals surface area contributed by atoms with Gasteiger partial charge in [0.25, 0.3) is 0 Å². The second-order valence-corrected chi connectivity index (χ2v) is 6.83. The van der Waals surface area contributed by atoms with E-state index in [0.29, 0.717) is 12.2 Å². The summed E-state index contributed by atoms with van der Waals surface area (Å²) in [6, 6.07) is 8.61. The Morgan fingerprint density at radius 1 is 1.32 bits per heavy atom. The topological polar surface area (TPSA) is 89.4 Å². The molecule has 102 valence electrons. The summed E-state index contributed by atoms with van der Waals surface area (Å²) in [6.45, 7) is 0.686. The SMILES string of the molecule is CN(Cc1cccs1)c1cc(N)cc(S(N)(=O)=O)c1. The maximum absolute atomic E-state index is 11.4. The van der Waals surface area contributed by atoms with Crippen LogP contribution in [0.25, 0.3) is 0 Å². The fourth-order valence-electron chi connectivity index (χ4n) is 1.72. The first-order valence-electron chi connectivity index (χ1n) is 5.53. The molecule has 0 spiro atoms. The third-order valence-electron chi connectivity index (χ3n) is 2.66. The van der Waals surface area contributed by atoms with Crippen molar-refractivity contribution in [2.24, 2.45) is 5.14 Å². The summed E-state index contributed by atoms with van der Waals surface area (Å²) >= 11 is 1.64. The van der Waals surface area contributed by atoms with Crippen LogP contribution in [0.5, 0.6) is 0 Å². The molecule has 7 heteroatoms. The molecule has 1 aromatic heterocycles. The second kappa shape index (κ2) is 5.20. The highest BCUT2D eigenvalue weighted by molar-refractivity contribution is 7.89. The third kappa shape index (κ3) is 3.46. The predicted molar refractivity (Wildman–Crippen MR) is 78.7 cm³/mol. The Bertz CT molecular complexity index is 666. The molecule has 0 bridgehead atoms. The van der Waals surface area contributed by atoms with E-state index < -0.39 is 10.0 Å². The normalized spacial score (nSPS) is 11.5. The molecule has 0 saturated heterocycles. The van der Waals surface area contributed by atoms with Crippen LogP contribution in [0.3, 0.4) is 0 Å². The van der Waals surface area contributed by atoms with Crippen LogP contribution in [-0.4, -0.2) is 15.5 Å². The molecule has 0 saturated carbocycles. The third-order valence-corrected chi connectivity index (χ3v) is 4.41. The van der Waals surface area contributed by atoms with Gasteiger partial charge in [-0.15, -0.1) is 11.3 Å². The molecule has 0 unspecified atom stereocenters. The number of nitrogens with two attached hydrogens (primary N) is 2. The van der Waals surface area contributed by atoms with Crippen LogP contribution in [0, 0.1) is 0 Å². The summed E-state index contributed by atoms with van der Waals surface area (Å²) < 4.78 is 22.8. The van der Waals surface area contributed by atoms with Crippen molar-refractivity contribution in [3.63, 3.8) is 0 Å². The molecule has 0 amide bonds. The van der Waals surface area contributed by atoms with E-state index in [4.69, 9.17) is 10.9 Å². The number of rotatable bonds is 4. The van der Waals surface area contributed by atoms with Gasteiger partial charge in [0, 0.05) is 23.3 Å². The molecule has 1 aromatic carbocycles. The molecule has 0 radical (unpaired) electrons. The number of hydrogen-bond acceptors (Lipinski definition) is 5. The lowest BCUT2D eigenvalue weighted by molar-refractivity contribution is 0.598. The highest BCUT2D eigenvalue weighted by atomic mass is 32.2. The van der Waals surface area contributed by atoms with E-state index in [1.165, 1.54) is 17.0 Å². The zero-order valence-electron chi connectivity index (χ0n) is 10.4. The molecule has 4 N–H and O–H groups in total. The molecule has 0 atom stereocenters. The zero-order valence-corrected chi connectivity index (χ0v) is 12.0. The van der Waals surface area contributed by atoms with Crippen LogP contribution in [0.4, 0.5) is 11.4 Å². The number of nitrogen functional groups attached to an aromatic ring is 1. The van der Waals surface area contributed by atoms with E-state index in [-0.39, 0.29) is 4.90 Å². The number of benzene rings is 1. The molecular formula is C12H15N3O2S2. The lowest BCUT2D eigenvalue weighted by atomic mass is 10.2. The van der Waals surface area contributed by atoms with Crippen LogP contribution in [0.15, 0.2) is 40.6 Å². The maximum atomic E-state index is 11.4. The fourth-order valence-corrected chi connectivity index (χ4v) is 3.06. The van der Waals surface area contributed by atoms with Gasteiger partial charge in [-0.2, -0.15) is 0 Å². The first-order valence-corrected chi connectivity index (χ1v) is 7.96. The average Bonchev–Trinajstić information content (AvgIpc) is 2.79. The van der Waals surface area contributed by atoms with Crippen LogP contribution < -0.4 is 15.8 Å². The van der Waals surface area contributed by atoms with Crippen molar-refractivity contribution in [1.82, 2.24) is 0 Å². The predicted octanol–water partition coefficient (Wildman–Crippen LogP) is 1.61. The summed E-state index contributed by atoms with van der Waals surface area (Å²) in [5.74, 6) is 0. The maximum Gasteiger partial charge on any atom is 0.238 e. The van der Waals surface area contributed by atoms with Gasteiger partial charge < -0.3 is 10.6 Å². The molecular weight excluding hydrogens is 282 g/mol. The van der Waals surface area contributed by atoms with E-state index in [9.17, 15) is 8.42 Å². The van der Waals surface area contributed by atoms with Crippen molar-refractivity contribution in [1.29, 1.82) is 0 Å². The Labute approximate surface area is 116 Å². The Morgan fingerprint density at radius 3 is 2.63 bits per heavy atom. The molecule has 19 heavy (non-hydrogen) atoms. The van der Waals surface area contributed by atoms with Crippen LogP contribution >= 0.6 is 11.3 Å². The van der Waals surface area contributed by atoms with Crippen molar-refractivity contribution in [3.8, 4) is 0 Å². The Kier molecular flexibility index (Phi) is 3.79. The lowest BCUT2D eigenvalue weighted by Crippen LogP contribution is -2.18. The van der Waals surface area contributed by atoms with E-state index in [1.54, 1.807) is 17.4 Å². The van der Waals surface area contributed by atoms with Gasteiger partial charge in [-0.1, -0.05) is 6.07 Å². The molecule has 2 rings (SSSR count). The number of anilines is 2. The van der Waals surface area contributed by atoms with E-state index in [0.717, 1.165) is 5.69 Å². The van der Waals surface area contributed by atoms with Gasteiger partial charge in [-0.25, -0.2) is 13.6 Å². The highest BCUT2D eigenvalue weighted by Gasteiger charge is 2.12. The van der Waals surface area contributed by atoms with Crippen molar-refractivity contribution in [2.75, 3.05) is 17.7 Å². The number of sulfonamides is 1. The van der Waals surface area contributed by atoms with E-state index >= 15 is 0 Å². The minimum Gasteiger partial charge on any atom is -0.399 e. The molecule has 1 heterocycles. The van der Waals surface area contributed by atoms with Crippen molar-refractivity contribution in [2.45, 2.75) is 11.4 Å². The van der Waals surface area contributed by atoms with Gasteiger partial charge in [0.05, 0.1) is 11.4 Å². The Hall–Kier alpha value is -1.57. The molecule has 0 aliphatic heterocycles. The summed E-state index contributed by atoms with van der Waals surface area (Å²) in [5.41, 5.74) is 6.82. The molecule has 0 fully saturated rings. The molecule has 5 nitrogen and oxygen atoms in total. The summed E-state index contributed by atoms with van der Waals surface area (Å²) in [7, 11) is -1.87. The summed E-state index contributed by atoms with van der Waals surface area (Å²) in [5, 5.41) is 7.13. The van der Waals surface area contributed by atoms with Gasteiger partial charge in [-0.05, 0) is 29.6 Å². The van der Waals surface area contributed by atoms with E-state index in [2.05, 4.69) is 0 Å². The van der Waals surface area contributed by atoms with Crippen molar-refractivity contribution < 1.29 is 8.42 Å². The largest absolute Gasteiger partial charge is 0.399 e. The van der Waals surface area contributed by atoms with Gasteiger partial charge in [0.15, 0.2) is 0 Å². The number of nitrogens with zero attached hydrogens (tertiary/aromatic N) is 1. The monoisotopic (exact) mass is 297 g/mol. The van der Waals surface area contributed by atoms with Gasteiger partial charge in [-0.3, -0.25) is 0 Å². The smallest absolute Gasteiger partial charge is 0.238 e. The van der Waals surface area contributed by atoms with Crippen LogP contribution in [-0.2, 0) is 16.6 Å². The lowest BCUT2D eigenvalue weighted by Gasteiger charge is -2.19. The highest BCUT2D eigenvalue weighted by Crippen LogP contribution is 2.24. The van der Waals surface area contributed by atoms with Gasteiger partial charge in [0.2, 0.25) is 10.0 Å². The van der Waals surface area contributed by atoms with Gasteiger partial charge >= 0.3 is 0 Å². The number of primary sulfonamides is 1. The Balaban J connectivity index is 2.32. The summed E-state index contributed by atoms with van der Waals surface area (Å²) in [4.78, 5) is 3.14. The van der Waals surface area contributed by atoms with Crippen LogP contribution in [0.1, 0.15) is 4.88 Å². The minimum atomic E-state index is -3.75. The van der Waals surface area contributed by atoms with Gasteiger partial charge in [0.1, 0.15) is 0 Å². The fraction of sp³-hybridized carbons (Fsp3) is 0.167. The first-order chi connectivity index (χ1) is 8.86. The van der Waals surface area contributed by atoms with E-state index in [1.807, 2.05) is 29.5 Å². The quantitative estimate of drug-likeness (QED) is 0.839. The standard InChI is InChI=1S/C12H15N3O2S2/c1-15(8-11-3-2-4-18-11)10-5-9(13)6-12(7-10)19(14,16)17/h2-7H,8,13H2,1H3,(H2,14,16,17). The van der Waals surface area contributed by atoms with Crippen molar-refractivity contribution >= 4 is 32.7 Å². The average molecular weight is 297 g/mol. The first kappa shape index (κ1) is 13.9. The molecule has 0 aliphatic rings. The Morgan fingerprint density at radius 2 is 2.05 bits per heavy atom. The molecule has 2 aromatic rings. The minimum absolute atomic E-state index is 0.0283. The second-order valence-electron chi connectivity index (χ2n) is 4.24. The summed E-state index contributed by atoms with van der Waals surface area (Å²) in [6.07, 6.45) is 0. The number of thiophene rings is 1. The number of hydrogen-bond donors (Lipinski definition) is 2. The zero-order chi connectivity index (χ0) is 14.0.